The number of hydrogen-bond acceptors (Lipinski definition) is 6. The Bertz CT molecular complexity index is 1060. The van der Waals surface area contributed by atoms with E-state index in [-0.39, 0.29) is 33.7 Å². The SMILES string of the molecule is CS(=O)(=O)c1ccc(S(=O)(=O)NCCNc2ncc(C(F)(F)F)cc2Cl)cc1. The number of halogens is 4. The van der Waals surface area contributed by atoms with Gasteiger partial charge in [-0.25, -0.2) is 26.5 Å². The molecule has 2 rings (SSSR count). The first-order chi connectivity index (χ1) is 12.8. The minimum atomic E-state index is -4.57. The summed E-state index contributed by atoms with van der Waals surface area (Å²) in [5.74, 6) is -0.0219. The van der Waals surface area contributed by atoms with Gasteiger partial charge in [0.15, 0.2) is 9.84 Å². The first-order valence-corrected chi connectivity index (χ1v) is 11.3. The van der Waals surface area contributed by atoms with Crippen LogP contribution in [0.5, 0.6) is 0 Å². The van der Waals surface area contributed by atoms with Gasteiger partial charge in [-0.15, -0.1) is 0 Å². The summed E-state index contributed by atoms with van der Waals surface area (Å²) in [6, 6.07) is 5.37. The predicted molar refractivity (Wildman–Crippen MR) is 97.5 cm³/mol. The second-order valence-electron chi connectivity index (χ2n) is 5.62. The van der Waals surface area contributed by atoms with Gasteiger partial charge in [0.25, 0.3) is 0 Å². The van der Waals surface area contributed by atoms with E-state index < -0.39 is 31.6 Å². The lowest BCUT2D eigenvalue weighted by Gasteiger charge is -2.11. The fourth-order valence-electron chi connectivity index (χ4n) is 2.04. The zero-order valence-corrected chi connectivity index (χ0v) is 16.7. The first-order valence-electron chi connectivity index (χ1n) is 7.57. The van der Waals surface area contributed by atoms with Crippen molar-refractivity contribution in [2.24, 2.45) is 0 Å². The maximum Gasteiger partial charge on any atom is 0.417 e. The van der Waals surface area contributed by atoms with E-state index in [0.717, 1.165) is 18.4 Å². The van der Waals surface area contributed by atoms with Gasteiger partial charge >= 0.3 is 6.18 Å². The molecule has 0 unspecified atom stereocenters. The number of nitrogens with one attached hydrogen (secondary N) is 2. The van der Waals surface area contributed by atoms with Gasteiger partial charge in [-0.2, -0.15) is 13.2 Å². The number of hydrogen-bond donors (Lipinski definition) is 2. The fourth-order valence-corrected chi connectivity index (χ4v) is 3.93. The molecule has 7 nitrogen and oxygen atoms in total. The number of nitrogens with zero attached hydrogens (tertiary/aromatic N) is 1. The van der Waals surface area contributed by atoms with Crippen LogP contribution < -0.4 is 10.0 Å². The third kappa shape index (κ3) is 5.80. The summed E-state index contributed by atoms with van der Waals surface area (Å²) < 4.78 is 87.1. The van der Waals surface area contributed by atoms with E-state index in [1.54, 1.807) is 0 Å². The van der Waals surface area contributed by atoms with Crippen molar-refractivity contribution in [1.82, 2.24) is 9.71 Å². The second kappa shape index (κ2) is 8.23. The Labute approximate surface area is 164 Å². The van der Waals surface area contributed by atoms with Crippen LogP contribution in [0.2, 0.25) is 5.02 Å². The summed E-state index contributed by atoms with van der Waals surface area (Å²) in [6.45, 7) is -0.117. The predicted octanol–water partition coefficient (Wildman–Crippen LogP) is 2.55. The van der Waals surface area contributed by atoms with Gasteiger partial charge in [-0.05, 0) is 30.3 Å². The van der Waals surface area contributed by atoms with Crippen molar-refractivity contribution < 1.29 is 30.0 Å². The molecule has 28 heavy (non-hydrogen) atoms. The molecule has 0 bridgehead atoms. The summed E-state index contributed by atoms with van der Waals surface area (Å²) in [7, 11) is -7.35. The maximum absolute atomic E-state index is 12.6. The van der Waals surface area contributed by atoms with E-state index in [1.165, 1.54) is 12.1 Å². The average Bonchev–Trinajstić information content (AvgIpc) is 2.58. The molecule has 154 valence electrons. The third-order valence-corrected chi connectivity index (χ3v) is 6.33. The number of benzene rings is 1. The molecule has 1 heterocycles. The smallest absolute Gasteiger partial charge is 0.368 e. The topological polar surface area (TPSA) is 105 Å². The van der Waals surface area contributed by atoms with Crippen LogP contribution in [0.4, 0.5) is 19.0 Å². The van der Waals surface area contributed by atoms with E-state index >= 15 is 0 Å². The molecule has 1 aromatic carbocycles. The standard InChI is InChI=1S/C15H15ClF3N3O4S2/c1-27(23,24)11-2-4-12(5-3-11)28(25,26)22-7-6-20-14-13(16)8-10(9-21-14)15(17,18)19/h2-5,8-9,22H,6-7H2,1H3,(H,20,21). The van der Waals surface area contributed by atoms with Crippen LogP contribution in [0.15, 0.2) is 46.3 Å². The van der Waals surface area contributed by atoms with Gasteiger partial charge in [0.05, 0.1) is 20.4 Å². The Balaban J connectivity index is 1.96. The van der Waals surface area contributed by atoms with Crippen LogP contribution in [0.25, 0.3) is 0 Å². The number of rotatable bonds is 7. The lowest BCUT2D eigenvalue weighted by molar-refractivity contribution is -0.137. The van der Waals surface area contributed by atoms with Crippen molar-refractivity contribution in [3.05, 3.63) is 47.1 Å². The first kappa shape index (κ1) is 22.4. The second-order valence-corrected chi connectivity index (χ2v) is 9.81. The zero-order valence-electron chi connectivity index (χ0n) is 14.3. The van der Waals surface area contributed by atoms with E-state index in [1.807, 2.05) is 0 Å². The molecule has 0 saturated heterocycles. The van der Waals surface area contributed by atoms with Crippen LogP contribution in [0.1, 0.15) is 5.56 Å². The number of alkyl halides is 3. The van der Waals surface area contributed by atoms with Gasteiger partial charge < -0.3 is 5.32 Å². The zero-order chi connectivity index (χ0) is 21.2. The Hall–Kier alpha value is -1.89. The van der Waals surface area contributed by atoms with E-state index in [0.29, 0.717) is 12.3 Å². The summed E-state index contributed by atoms with van der Waals surface area (Å²) in [5.41, 5.74) is -0.999. The Morgan fingerprint density at radius 1 is 1.04 bits per heavy atom. The molecule has 0 amide bonds. The van der Waals surface area contributed by atoms with E-state index in [4.69, 9.17) is 11.6 Å². The summed E-state index contributed by atoms with van der Waals surface area (Å²) in [5, 5.41) is 2.37. The molecule has 0 atom stereocenters. The molecule has 0 aliphatic heterocycles. The molecule has 0 aliphatic rings. The third-order valence-electron chi connectivity index (χ3n) is 3.44. The quantitative estimate of drug-likeness (QED) is 0.619. The summed E-state index contributed by atoms with van der Waals surface area (Å²) in [4.78, 5) is 3.42. The molecular formula is C15H15ClF3N3O4S2. The fraction of sp³-hybridized carbons (Fsp3) is 0.267. The van der Waals surface area contributed by atoms with Crippen molar-refractivity contribution in [1.29, 1.82) is 0 Å². The molecule has 0 fully saturated rings. The number of sulfone groups is 1. The Kier molecular flexibility index (Phi) is 6.58. The maximum atomic E-state index is 12.6. The molecule has 0 aliphatic carbocycles. The minimum absolute atomic E-state index is 0.00125. The van der Waals surface area contributed by atoms with Gasteiger partial charge in [0.1, 0.15) is 5.82 Å². The van der Waals surface area contributed by atoms with Crippen LogP contribution in [0.3, 0.4) is 0 Å². The van der Waals surface area contributed by atoms with Gasteiger partial charge in [-0.1, -0.05) is 11.6 Å². The summed E-state index contributed by atoms with van der Waals surface area (Å²) >= 11 is 5.74. The van der Waals surface area contributed by atoms with Crippen molar-refractivity contribution in [3.63, 3.8) is 0 Å². The van der Waals surface area contributed by atoms with Crippen LogP contribution in [-0.4, -0.2) is 41.2 Å². The van der Waals surface area contributed by atoms with Gasteiger partial charge in [0, 0.05) is 25.5 Å². The summed E-state index contributed by atoms with van der Waals surface area (Å²) in [6.07, 6.45) is -2.96. The van der Waals surface area contributed by atoms with Crippen molar-refractivity contribution in [2.45, 2.75) is 16.0 Å². The molecule has 2 aromatic rings. The molecule has 0 saturated carbocycles. The highest BCUT2D eigenvalue weighted by atomic mass is 35.5. The number of aromatic nitrogens is 1. The normalized spacial score (nSPS) is 12.8. The van der Waals surface area contributed by atoms with Crippen LogP contribution in [-0.2, 0) is 26.0 Å². The van der Waals surface area contributed by atoms with Crippen LogP contribution >= 0.6 is 11.6 Å². The highest BCUT2D eigenvalue weighted by Crippen LogP contribution is 2.32. The molecular weight excluding hydrogens is 443 g/mol. The van der Waals surface area contributed by atoms with Crippen LogP contribution in [0, 0.1) is 0 Å². The van der Waals surface area contributed by atoms with Crippen molar-refractivity contribution in [3.8, 4) is 0 Å². The molecule has 0 spiro atoms. The number of anilines is 1. The van der Waals surface area contributed by atoms with Gasteiger partial charge in [-0.3, -0.25) is 0 Å². The number of sulfonamides is 1. The van der Waals surface area contributed by atoms with E-state index in [9.17, 15) is 30.0 Å². The van der Waals surface area contributed by atoms with Gasteiger partial charge in [0.2, 0.25) is 10.0 Å². The molecule has 0 radical (unpaired) electrons. The molecule has 2 N–H and O–H groups in total. The molecule has 13 heteroatoms. The van der Waals surface area contributed by atoms with Crippen molar-refractivity contribution in [2.75, 3.05) is 24.7 Å². The largest absolute Gasteiger partial charge is 0.417 e. The number of pyridine rings is 1. The lowest BCUT2D eigenvalue weighted by Crippen LogP contribution is -2.29. The Morgan fingerprint density at radius 2 is 1.61 bits per heavy atom. The highest BCUT2D eigenvalue weighted by Gasteiger charge is 2.31. The molecule has 1 aromatic heterocycles. The monoisotopic (exact) mass is 457 g/mol. The Morgan fingerprint density at radius 3 is 2.11 bits per heavy atom. The van der Waals surface area contributed by atoms with E-state index in [2.05, 4.69) is 15.0 Å². The average molecular weight is 458 g/mol. The highest BCUT2D eigenvalue weighted by molar-refractivity contribution is 7.90. The van der Waals surface area contributed by atoms with Crippen molar-refractivity contribution >= 4 is 37.3 Å². The minimum Gasteiger partial charge on any atom is -0.368 e. The lowest BCUT2D eigenvalue weighted by atomic mass is 10.3.